The van der Waals surface area contributed by atoms with Gasteiger partial charge in [0.25, 0.3) is 0 Å². The highest BCUT2D eigenvalue weighted by molar-refractivity contribution is 9.10. The first-order chi connectivity index (χ1) is 9.38. The maximum Gasteiger partial charge on any atom is 0.126 e. The normalized spacial score (nSPS) is 19.5. The van der Waals surface area contributed by atoms with E-state index in [4.69, 9.17) is 0 Å². The molecular formula is C16H23BrFNO. The fourth-order valence-electron chi connectivity index (χ4n) is 2.88. The Kier molecular flexibility index (Phi) is 5.21. The molecule has 0 aliphatic carbocycles. The SMILES string of the molecule is CC(C)CN1CCC(O)(Cc2cc(Br)ccc2F)CC1. The minimum Gasteiger partial charge on any atom is -0.389 e. The molecule has 0 bridgehead atoms. The third-order valence-corrected chi connectivity index (χ3v) is 4.43. The largest absolute Gasteiger partial charge is 0.389 e. The molecule has 0 amide bonds. The number of benzene rings is 1. The number of rotatable bonds is 4. The highest BCUT2D eigenvalue weighted by Crippen LogP contribution is 2.28. The van der Waals surface area contributed by atoms with Crippen molar-refractivity contribution in [1.29, 1.82) is 0 Å². The molecule has 1 aromatic carbocycles. The van der Waals surface area contributed by atoms with E-state index in [2.05, 4.69) is 34.7 Å². The van der Waals surface area contributed by atoms with Crippen molar-refractivity contribution in [3.63, 3.8) is 0 Å². The van der Waals surface area contributed by atoms with Gasteiger partial charge in [0.05, 0.1) is 5.60 Å². The molecule has 1 saturated heterocycles. The quantitative estimate of drug-likeness (QED) is 0.902. The number of aliphatic hydroxyl groups is 1. The zero-order chi connectivity index (χ0) is 14.8. The van der Waals surface area contributed by atoms with Crippen LogP contribution in [0.15, 0.2) is 22.7 Å². The van der Waals surface area contributed by atoms with Gasteiger partial charge in [-0.1, -0.05) is 29.8 Å². The molecule has 2 nitrogen and oxygen atoms in total. The molecule has 2 rings (SSSR count). The maximum atomic E-state index is 13.8. The van der Waals surface area contributed by atoms with Gasteiger partial charge in [-0.25, -0.2) is 4.39 Å². The Morgan fingerprint density at radius 1 is 1.35 bits per heavy atom. The number of likely N-dealkylation sites (tertiary alicyclic amines) is 1. The zero-order valence-corrected chi connectivity index (χ0v) is 13.8. The fraction of sp³-hybridized carbons (Fsp3) is 0.625. The molecule has 1 aliphatic heterocycles. The molecule has 4 heteroatoms. The van der Waals surface area contributed by atoms with Crippen LogP contribution in [0.25, 0.3) is 0 Å². The maximum absolute atomic E-state index is 13.8. The topological polar surface area (TPSA) is 23.5 Å². The van der Waals surface area contributed by atoms with Gasteiger partial charge in [0.2, 0.25) is 0 Å². The lowest BCUT2D eigenvalue weighted by Crippen LogP contribution is -2.46. The molecular weight excluding hydrogens is 321 g/mol. The summed E-state index contributed by atoms with van der Waals surface area (Å²) in [7, 11) is 0. The van der Waals surface area contributed by atoms with Gasteiger partial charge < -0.3 is 10.0 Å². The summed E-state index contributed by atoms with van der Waals surface area (Å²) < 4.78 is 14.7. The number of halogens is 2. The molecule has 1 N–H and O–H groups in total. The first-order valence-electron chi connectivity index (χ1n) is 7.27. The average Bonchev–Trinajstić information content (AvgIpc) is 2.36. The van der Waals surface area contributed by atoms with E-state index in [-0.39, 0.29) is 5.82 Å². The van der Waals surface area contributed by atoms with E-state index in [1.165, 1.54) is 6.07 Å². The zero-order valence-electron chi connectivity index (χ0n) is 12.2. The van der Waals surface area contributed by atoms with Crippen LogP contribution in [0, 0.1) is 11.7 Å². The molecule has 0 spiro atoms. The molecule has 0 radical (unpaired) electrons. The van der Waals surface area contributed by atoms with Crippen molar-refractivity contribution >= 4 is 15.9 Å². The van der Waals surface area contributed by atoms with Crippen LogP contribution >= 0.6 is 15.9 Å². The Balaban J connectivity index is 1.98. The van der Waals surface area contributed by atoms with Crippen molar-refractivity contribution in [3.05, 3.63) is 34.1 Å². The summed E-state index contributed by atoms with van der Waals surface area (Å²) in [5.74, 6) is 0.412. The predicted molar refractivity (Wildman–Crippen MR) is 83.3 cm³/mol. The van der Waals surface area contributed by atoms with Crippen LogP contribution in [0.1, 0.15) is 32.3 Å². The molecule has 112 valence electrons. The van der Waals surface area contributed by atoms with Crippen LogP contribution in [-0.4, -0.2) is 35.2 Å². The average molecular weight is 344 g/mol. The standard InChI is InChI=1S/C16H23BrFNO/c1-12(2)11-19-7-5-16(20,6-8-19)10-13-9-14(17)3-4-15(13)18/h3-4,9,12,20H,5-8,10-11H2,1-2H3. The van der Waals surface area contributed by atoms with Crippen LogP contribution in [0.2, 0.25) is 0 Å². The van der Waals surface area contributed by atoms with Gasteiger partial charge in [-0.3, -0.25) is 0 Å². The summed E-state index contributed by atoms with van der Waals surface area (Å²) in [5.41, 5.74) is -0.172. The van der Waals surface area contributed by atoms with E-state index in [1.54, 1.807) is 12.1 Å². The molecule has 1 aliphatic rings. The smallest absolute Gasteiger partial charge is 0.126 e. The first kappa shape index (κ1) is 15.9. The summed E-state index contributed by atoms with van der Waals surface area (Å²) in [4.78, 5) is 2.39. The van der Waals surface area contributed by atoms with Gasteiger partial charge in [-0.15, -0.1) is 0 Å². The predicted octanol–water partition coefficient (Wildman–Crippen LogP) is 3.61. The highest BCUT2D eigenvalue weighted by atomic mass is 79.9. The van der Waals surface area contributed by atoms with Crippen molar-refractivity contribution < 1.29 is 9.50 Å². The number of hydrogen-bond donors (Lipinski definition) is 1. The molecule has 0 unspecified atom stereocenters. The summed E-state index contributed by atoms with van der Waals surface area (Å²) in [5, 5.41) is 10.7. The Labute approximate surface area is 129 Å². The second-order valence-electron chi connectivity index (χ2n) is 6.33. The lowest BCUT2D eigenvalue weighted by atomic mass is 9.85. The van der Waals surface area contributed by atoms with Crippen LogP contribution in [-0.2, 0) is 6.42 Å². The lowest BCUT2D eigenvalue weighted by molar-refractivity contribution is -0.0232. The van der Waals surface area contributed by atoms with Gasteiger partial charge in [-0.2, -0.15) is 0 Å². The Morgan fingerprint density at radius 2 is 2.00 bits per heavy atom. The van der Waals surface area contributed by atoms with Gasteiger partial charge in [0, 0.05) is 30.5 Å². The van der Waals surface area contributed by atoms with E-state index < -0.39 is 5.60 Å². The first-order valence-corrected chi connectivity index (χ1v) is 8.06. The van der Waals surface area contributed by atoms with Crippen LogP contribution in [0.4, 0.5) is 4.39 Å². The van der Waals surface area contributed by atoms with Gasteiger partial charge in [0.1, 0.15) is 5.82 Å². The summed E-state index contributed by atoms with van der Waals surface area (Å²) in [6.45, 7) is 7.27. The summed E-state index contributed by atoms with van der Waals surface area (Å²) >= 11 is 3.36. The second-order valence-corrected chi connectivity index (χ2v) is 7.25. The minimum atomic E-state index is -0.769. The van der Waals surface area contributed by atoms with Gasteiger partial charge in [0.15, 0.2) is 0 Å². The monoisotopic (exact) mass is 343 g/mol. The van der Waals surface area contributed by atoms with Crippen molar-refractivity contribution in [1.82, 2.24) is 4.90 Å². The number of piperidine rings is 1. The van der Waals surface area contributed by atoms with E-state index in [1.807, 2.05) is 0 Å². The lowest BCUT2D eigenvalue weighted by Gasteiger charge is -2.39. The minimum absolute atomic E-state index is 0.230. The van der Waals surface area contributed by atoms with Crippen LogP contribution in [0.5, 0.6) is 0 Å². The Hall–Kier alpha value is -0.450. The van der Waals surface area contributed by atoms with Crippen molar-refractivity contribution in [2.45, 2.75) is 38.7 Å². The third-order valence-electron chi connectivity index (χ3n) is 3.94. The van der Waals surface area contributed by atoms with E-state index in [0.717, 1.165) is 24.1 Å². The van der Waals surface area contributed by atoms with Gasteiger partial charge in [-0.05, 0) is 42.5 Å². The van der Waals surface area contributed by atoms with Crippen molar-refractivity contribution in [3.8, 4) is 0 Å². The fourth-order valence-corrected chi connectivity index (χ4v) is 3.29. The van der Waals surface area contributed by atoms with Gasteiger partial charge >= 0.3 is 0 Å². The molecule has 1 heterocycles. The van der Waals surface area contributed by atoms with Crippen molar-refractivity contribution in [2.75, 3.05) is 19.6 Å². The number of nitrogens with zero attached hydrogens (tertiary/aromatic N) is 1. The Morgan fingerprint density at radius 3 is 2.60 bits per heavy atom. The number of hydrogen-bond acceptors (Lipinski definition) is 2. The van der Waals surface area contributed by atoms with E-state index in [0.29, 0.717) is 30.7 Å². The Bertz CT molecular complexity index is 456. The molecule has 0 saturated carbocycles. The molecule has 1 aromatic rings. The second kappa shape index (κ2) is 6.54. The molecule has 20 heavy (non-hydrogen) atoms. The molecule has 0 aromatic heterocycles. The summed E-state index contributed by atoms with van der Waals surface area (Å²) in [6, 6.07) is 4.92. The van der Waals surface area contributed by atoms with Crippen LogP contribution in [0.3, 0.4) is 0 Å². The van der Waals surface area contributed by atoms with Crippen molar-refractivity contribution in [2.24, 2.45) is 5.92 Å². The molecule has 0 atom stereocenters. The highest BCUT2D eigenvalue weighted by Gasteiger charge is 2.33. The van der Waals surface area contributed by atoms with Crippen LogP contribution < -0.4 is 0 Å². The molecule has 1 fully saturated rings. The summed E-state index contributed by atoms with van der Waals surface area (Å²) in [6.07, 6.45) is 1.82. The van der Waals surface area contributed by atoms with E-state index >= 15 is 0 Å². The van der Waals surface area contributed by atoms with E-state index in [9.17, 15) is 9.50 Å². The third kappa shape index (κ3) is 4.27.